The molecule has 0 amide bonds. The lowest BCUT2D eigenvalue weighted by atomic mass is 9.86. The van der Waals surface area contributed by atoms with Crippen molar-refractivity contribution in [1.29, 1.82) is 0 Å². The molecule has 15 heavy (non-hydrogen) atoms. The number of anilines is 1. The molecule has 1 aromatic carbocycles. The van der Waals surface area contributed by atoms with Crippen molar-refractivity contribution in [1.82, 2.24) is 0 Å². The topological polar surface area (TPSA) is 3.24 Å². The van der Waals surface area contributed by atoms with E-state index in [1.165, 1.54) is 17.7 Å². The van der Waals surface area contributed by atoms with Crippen LogP contribution < -0.4 is 4.90 Å². The Morgan fingerprint density at radius 1 is 1.40 bits per heavy atom. The molecule has 1 aliphatic heterocycles. The first-order valence-electron chi connectivity index (χ1n) is 5.76. The third-order valence-electron chi connectivity index (χ3n) is 3.21. The van der Waals surface area contributed by atoms with Gasteiger partial charge in [0.1, 0.15) is 0 Å². The molecular formula is C14H20N. The van der Waals surface area contributed by atoms with Gasteiger partial charge in [-0.25, -0.2) is 0 Å². The van der Waals surface area contributed by atoms with Gasteiger partial charge in [0.15, 0.2) is 0 Å². The van der Waals surface area contributed by atoms with Crippen LogP contribution in [0.1, 0.15) is 38.3 Å². The highest BCUT2D eigenvalue weighted by atomic mass is 15.2. The third kappa shape index (κ3) is 1.75. The summed E-state index contributed by atoms with van der Waals surface area (Å²) in [6, 6.07) is 6.58. The van der Waals surface area contributed by atoms with Crippen LogP contribution in [0.3, 0.4) is 0 Å². The average molecular weight is 202 g/mol. The predicted molar refractivity (Wildman–Crippen MR) is 66.4 cm³/mol. The van der Waals surface area contributed by atoms with Crippen molar-refractivity contribution in [3.8, 4) is 0 Å². The molecule has 1 heterocycles. The van der Waals surface area contributed by atoms with E-state index in [0.29, 0.717) is 0 Å². The van der Waals surface area contributed by atoms with Gasteiger partial charge in [0.2, 0.25) is 0 Å². The highest BCUT2D eigenvalue weighted by molar-refractivity contribution is 5.63. The fourth-order valence-corrected chi connectivity index (χ4v) is 2.52. The average Bonchev–Trinajstić information content (AvgIpc) is 2.39. The van der Waals surface area contributed by atoms with Gasteiger partial charge >= 0.3 is 0 Å². The lowest BCUT2D eigenvalue weighted by Gasteiger charge is -2.21. The van der Waals surface area contributed by atoms with E-state index in [1.54, 1.807) is 0 Å². The molecule has 0 N–H and O–H groups in total. The monoisotopic (exact) mass is 202 g/mol. The number of hydrogen-bond donors (Lipinski definition) is 0. The van der Waals surface area contributed by atoms with Gasteiger partial charge in [-0.3, -0.25) is 0 Å². The Hall–Kier alpha value is -0.980. The summed E-state index contributed by atoms with van der Waals surface area (Å²) in [5.41, 5.74) is 4.27. The summed E-state index contributed by atoms with van der Waals surface area (Å²) in [7, 11) is 0. The smallest absolute Gasteiger partial charge is 0.0405 e. The minimum Gasteiger partial charge on any atom is -0.370 e. The quantitative estimate of drug-likeness (QED) is 0.710. The number of hydrogen-bond acceptors (Lipinski definition) is 1. The zero-order valence-electron chi connectivity index (χ0n) is 10.0. The van der Waals surface area contributed by atoms with Crippen LogP contribution in [0.5, 0.6) is 0 Å². The van der Waals surface area contributed by atoms with Crippen LogP contribution in [0.2, 0.25) is 0 Å². The highest BCUT2D eigenvalue weighted by Gasteiger charge is 2.34. The third-order valence-corrected chi connectivity index (χ3v) is 3.21. The minimum atomic E-state index is 0.276. The molecule has 1 heteroatoms. The van der Waals surface area contributed by atoms with Crippen LogP contribution in [-0.2, 0) is 5.41 Å². The first-order valence-corrected chi connectivity index (χ1v) is 5.76. The molecule has 0 fully saturated rings. The Labute approximate surface area is 93.1 Å². The molecule has 0 spiro atoms. The molecule has 2 rings (SSSR count). The summed E-state index contributed by atoms with van der Waals surface area (Å²) in [6.45, 7) is 13.2. The number of fused-ring (bicyclic) bond motifs is 1. The summed E-state index contributed by atoms with van der Waals surface area (Å²) in [6.07, 6.45) is 1.21. The van der Waals surface area contributed by atoms with Gasteiger partial charge in [0.05, 0.1) is 0 Å². The second-order valence-corrected chi connectivity index (χ2v) is 5.16. The summed E-state index contributed by atoms with van der Waals surface area (Å²) < 4.78 is 0. The maximum atomic E-state index is 4.02. The SMILES string of the molecule is [CH2]c1ccc2c(c1)C(C)(C)CN2CCC. The standard InChI is InChI=1S/C14H20N/c1-5-8-15-10-14(3,4)12-9-11(2)6-7-13(12)15/h6-7,9H,2,5,8,10H2,1,3-4H3. The Balaban J connectivity index is 2.43. The summed E-state index contributed by atoms with van der Waals surface area (Å²) in [4.78, 5) is 2.49. The van der Waals surface area contributed by atoms with Crippen LogP contribution in [0.15, 0.2) is 18.2 Å². The van der Waals surface area contributed by atoms with Crippen LogP contribution in [0.25, 0.3) is 0 Å². The van der Waals surface area contributed by atoms with Gasteiger partial charge < -0.3 is 4.90 Å². The zero-order chi connectivity index (χ0) is 11.1. The van der Waals surface area contributed by atoms with Crippen molar-refractivity contribution in [2.75, 3.05) is 18.0 Å². The molecule has 1 aromatic rings. The van der Waals surface area contributed by atoms with Gasteiger partial charge in [-0.1, -0.05) is 32.9 Å². The lowest BCUT2D eigenvalue weighted by molar-refractivity contribution is 0.549. The molecule has 0 aliphatic carbocycles. The first kappa shape index (κ1) is 10.5. The molecule has 0 atom stereocenters. The van der Waals surface area contributed by atoms with E-state index < -0.39 is 0 Å². The predicted octanol–water partition coefficient (Wildman–Crippen LogP) is 3.38. The molecule has 0 unspecified atom stereocenters. The fraction of sp³-hybridized carbons (Fsp3) is 0.500. The van der Waals surface area contributed by atoms with E-state index in [0.717, 1.165) is 18.7 Å². The fourth-order valence-electron chi connectivity index (χ4n) is 2.52. The second kappa shape index (κ2) is 3.55. The Kier molecular flexibility index (Phi) is 2.49. The molecule has 0 saturated heterocycles. The van der Waals surface area contributed by atoms with Crippen molar-refractivity contribution in [3.05, 3.63) is 36.2 Å². The largest absolute Gasteiger partial charge is 0.370 e. The van der Waals surface area contributed by atoms with E-state index in [4.69, 9.17) is 0 Å². The normalized spacial score (nSPS) is 18.0. The summed E-state index contributed by atoms with van der Waals surface area (Å²) in [5, 5.41) is 0. The molecular weight excluding hydrogens is 182 g/mol. The van der Waals surface area contributed by atoms with Crippen molar-refractivity contribution in [3.63, 3.8) is 0 Å². The second-order valence-electron chi connectivity index (χ2n) is 5.16. The van der Waals surface area contributed by atoms with E-state index in [9.17, 15) is 0 Å². The molecule has 0 aromatic heterocycles. The van der Waals surface area contributed by atoms with Gasteiger partial charge in [0, 0.05) is 24.2 Å². The summed E-state index contributed by atoms with van der Waals surface area (Å²) >= 11 is 0. The molecule has 1 nitrogen and oxygen atoms in total. The number of nitrogens with zero attached hydrogens (tertiary/aromatic N) is 1. The Morgan fingerprint density at radius 3 is 2.80 bits per heavy atom. The van der Waals surface area contributed by atoms with Gasteiger partial charge in [-0.2, -0.15) is 0 Å². The van der Waals surface area contributed by atoms with Crippen molar-refractivity contribution < 1.29 is 0 Å². The number of benzene rings is 1. The van der Waals surface area contributed by atoms with Gasteiger partial charge in [-0.05, 0) is 30.5 Å². The molecule has 1 aliphatic rings. The molecule has 81 valence electrons. The number of rotatable bonds is 2. The van der Waals surface area contributed by atoms with E-state index >= 15 is 0 Å². The maximum absolute atomic E-state index is 4.02. The Morgan fingerprint density at radius 2 is 2.13 bits per heavy atom. The van der Waals surface area contributed by atoms with Crippen LogP contribution in [0.4, 0.5) is 5.69 Å². The highest BCUT2D eigenvalue weighted by Crippen LogP contribution is 2.40. The lowest BCUT2D eigenvalue weighted by Crippen LogP contribution is -2.28. The van der Waals surface area contributed by atoms with Gasteiger partial charge in [0.25, 0.3) is 0 Å². The van der Waals surface area contributed by atoms with Gasteiger partial charge in [-0.15, -0.1) is 0 Å². The van der Waals surface area contributed by atoms with Crippen LogP contribution in [-0.4, -0.2) is 13.1 Å². The molecule has 0 saturated carbocycles. The Bertz CT molecular complexity index is 366. The van der Waals surface area contributed by atoms with Crippen LogP contribution in [0, 0.1) is 6.92 Å². The van der Waals surface area contributed by atoms with Crippen molar-refractivity contribution in [2.45, 2.75) is 32.6 Å². The zero-order valence-corrected chi connectivity index (χ0v) is 10.0. The molecule has 1 radical (unpaired) electrons. The van der Waals surface area contributed by atoms with E-state index in [-0.39, 0.29) is 5.41 Å². The maximum Gasteiger partial charge on any atom is 0.0405 e. The van der Waals surface area contributed by atoms with Crippen molar-refractivity contribution in [2.24, 2.45) is 0 Å². The molecule has 0 bridgehead atoms. The minimum absolute atomic E-state index is 0.276. The van der Waals surface area contributed by atoms with E-state index in [2.05, 4.69) is 50.8 Å². The summed E-state index contributed by atoms with van der Waals surface area (Å²) in [5.74, 6) is 0. The van der Waals surface area contributed by atoms with E-state index in [1.807, 2.05) is 0 Å². The van der Waals surface area contributed by atoms with Crippen LogP contribution >= 0.6 is 0 Å². The first-order chi connectivity index (χ1) is 7.04. The van der Waals surface area contributed by atoms with Crippen molar-refractivity contribution >= 4 is 5.69 Å².